The summed E-state index contributed by atoms with van der Waals surface area (Å²) in [7, 11) is 1.44. The van der Waals surface area contributed by atoms with Gasteiger partial charge in [-0.1, -0.05) is 12.1 Å². The molecule has 0 amide bonds. The summed E-state index contributed by atoms with van der Waals surface area (Å²) in [5.41, 5.74) is 1.36. The summed E-state index contributed by atoms with van der Waals surface area (Å²) in [5, 5.41) is 41.2. The number of aromatic hydroxyl groups is 3. The lowest BCUT2D eigenvalue weighted by molar-refractivity contribution is -0.205. The van der Waals surface area contributed by atoms with E-state index in [0.717, 1.165) is 11.6 Å². The zero-order valence-corrected chi connectivity index (χ0v) is 18.1. The van der Waals surface area contributed by atoms with Gasteiger partial charge in [0.25, 0.3) is 0 Å². The molecule has 5 aliphatic rings. The van der Waals surface area contributed by atoms with Crippen LogP contribution in [0.2, 0.25) is 0 Å². The Bertz CT molecular complexity index is 1280. The lowest BCUT2D eigenvalue weighted by atomic mass is 9.55. The van der Waals surface area contributed by atoms with Crippen molar-refractivity contribution >= 4 is 11.6 Å². The van der Waals surface area contributed by atoms with Crippen LogP contribution in [0.1, 0.15) is 28.3 Å². The van der Waals surface area contributed by atoms with E-state index in [4.69, 9.17) is 14.2 Å². The fourth-order valence-corrected chi connectivity index (χ4v) is 6.14. The van der Waals surface area contributed by atoms with Gasteiger partial charge in [-0.05, 0) is 23.3 Å². The maximum Gasteiger partial charge on any atom is 0.234 e. The van der Waals surface area contributed by atoms with Crippen molar-refractivity contribution in [1.29, 1.82) is 0 Å². The Morgan fingerprint density at radius 1 is 1.09 bits per heavy atom. The summed E-state index contributed by atoms with van der Waals surface area (Å²) < 4.78 is 16.9. The SMILES string of the molecule is COc1cc(C2C3C=C(C4CC(=O)c5c(O)cc(O)cc5O4)C4C2COC4(O)C3=O)ccc1O. The summed E-state index contributed by atoms with van der Waals surface area (Å²) in [4.78, 5) is 26.1. The number of ketones is 2. The number of phenols is 3. The van der Waals surface area contributed by atoms with Gasteiger partial charge in [0.1, 0.15) is 28.9 Å². The summed E-state index contributed by atoms with van der Waals surface area (Å²) in [6, 6.07) is 7.25. The molecule has 9 nitrogen and oxygen atoms in total. The van der Waals surface area contributed by atoms with Gasteiger partial charge < -0.3 is 34.6 Å². The molecule has 4 N–H and O–H groups in total. The van der Waals surface area contributed by atoms with Crippen LogP contribution in [-0.4, -0.2) is 57.6 Å². The van der Waals surface area contributed by atoms with Crippen LogP contribution < -0.4 is 9.47 Å². The molecule has 3 aliphatic carbocycles. The zero-order valence-electron chi connectivity index (χ0n) is 18.1. The van der Waals surface area contributed by atoms with Gasteiger partial charge in [0.15, 0.2) is 23.1 Å². The molecule has 0 spiro atoms. The van der Waals surface area contributed by atoms with Crippen LogP contribution >= 0.6 is 0 Å². The van der Waals surface area contributed by atoms with Crippen LogP contribution in [0.25, 0.3) is 0 Å². The summed E-state index contributed by atoms with van der Waals surface area (Å²) in [6.45, 7) is 0.132. The molecule has 176 valence electrons. The first-order valence-electron chi connectivity index (χ1n) is 11.0. The molecule has 4 bridgehead atoms. The van der Waals surface area contributed by atoms with Gasteiger partial charge in [0, 0.05) is 29.9 Å². The number of benzene rings is 2. The number of carbonyl (C=O) groups excluding carboxylic acids is 2. The Morgan fingerprint density at radius 2 is 1.88 bits per heavy atom. The Hall–Kier alpha value is -3.56. The number of hydrogen-bond donors (Lipinski definition) is 4. The summed E-state index contributed by atoms with van der Waals surface area (Å²) in [6.07, 6.45) is 0.880. The lowest BCUT2D eigenvalue weighted by Crippen LogP contribution is -2.59. The van der Waals surface area contributed by atoms with Gasteiger partial charge >= 0.3 is 0 Å². The average Bonchev–Trinajstić information content (AvgIpc) is 3.12. The molecule has 1 saturated heterocycles. The number of carbonyl (C=O) groups is 2. The van der Waals surface area contributed by atoms with Gasteiger partial charge in [-0.2, -0.15) is 0 Å². The lowest BCUT2D eigenvalue weighted by Gasteiger charge is -2.49. The third-order valence-corrected chi connectivity index (χ3v) is 7.53. The van der Waals surface area contributed by atoms with Crippen molar-refractivity contribution in [2.45, 2.75) is 24.2 Å². The Labute approximate surface area is 193 Å². The van der Waals surface area contributed by atoms with Crippen LogP contribution in [0, 0.1) is 17.8 Å². The highest BCUT2D eigenvalue weighted by Gasteiger charge is 2.68. The molecule has 2 aromatic carbocycles. The van der Waals surface area contributed by atoms with Crippen molar-refractivity contribution in [3.05, 3.63) is 53.1 Å². The first-order valence-corrected chi connectivity index (χ1v) is 11.0. The van der Waals surface area contributed by atoms with Crippen molar-refractivity contribution in [3.8, 4) is 28.7 Å². The van der Waals surface area contributed by atoms with Gasteiger partial charge in [0.05, 0.1) is 26.1 Å². The van der Waals surface area contributed by atoms with Crippen LogP contribution in [-0.2, 0) is 9.53 Å². The molecule has 1 saturated carbocycles. The topological polar surface area (TPSA) is 143 Å². The van der Waals surface area contributed by atoms with E-state index in [-0.39, 0.29) is 65.0 Å². The maximum absolute atomic E-state index is 13.3. The largest absolute Gasteiger partial charge is 0.508 e. The van der Waals surface area contributed by atoms with Crippen molar-refractivity contribution < 1.29 is 44.2 Å². The third-order valence-electron chi connectivity index (χ3n) is 7.53. The molecule has 2 aliphatic heterocycles. The number of hydrogen-bond acceptors (Lipinski definition) is 9. The Kier molecular flexibility index (Phi) is 4.31. The van der Waals surface area contributed by atoms with Gasteiger partial charge in [-0.15, -0.1) is 0 Å². The van der Waals surface area contributed by atoms with Crippen molar-refractivity contribution in [3.63, 3.8) is 0 Å². The maximum atomic E-state index is 13.3. The van der Waals surface area contributed by atoms with Crippen LogP contribution in [0.5, 0.6) is 28.7 Å². The highest BCUT2D eigenvalue weighted by atomic mass is 16.6. The molecule has 2 aromatic rings. The Balaban J connectivity index is 1.43. The second-order valence-corrected chi connectivity index (χ2v) is 9.23. The number of phenolic OH excluding ortho intramolecular Hbond substituents is 3. The first kappa shape index (κ1) is 21.0. The number of methoxy groups -OCH3 is 1. The fourth-order valence-electron chi connectivity index (χ4n) is 6.14. The minimum atomic E-state index is -2.01. The van der Waals surface area contributed by atoms with E-state index in [2.05, 4.69) is 0 Å². The molecule has 9 heteroatoms. The van der Waals surface area contributed by atoms with E-state index < -0.39 is 29.5 Å². The molecule has 0 aromatic heterocycles. The molecule has 6 atom stereocenters. The second-order valence-electron chi connectivity index (χ2n) is 9.23. The summed E-state index contributed by atoms with van der Waals surface area (Å²) >= 11 is 0. The number of allylic oxidation sites excluding steroid dienone is 1. The molecule has 6 unspecified atom stereocenters. The summed E-state index contributed by atoms with van der Waals surface area (Å²) in [5.74, 6) is -5.20. The highest BCUT2D eigenvalue weighted by molar-refractivity contribution is 6.03. The average molecular weight is 466 g/mol. The molecular weight excluding hydrogens is 444 g/mol. The van der Waals surface area contributed by atoms with E-state index >= 15 is 0 Å². The fraction of sp³-hybridized carbons (Fsp3) is 0.360. The van der Waals surface area contributed by atoms with E-state index in [1.165, 1.54) is 19.2 Å². The van der Waals surface area contributed by atoms with E-state index in [1.54, 1.807) is 18.2 Å². The van der Waals surface area contributed by atoms with Crippen molar-refractivity contribution in [2.75, 3.05) is 13.7 Å². The van der Waals surface area contributed by atoms with Crippen LogP contribution in [0.15, 0.2) is 42.0 Å². The molecule has 2 heterocycles. The molecular formula is C25H22O9. The van der Waals surface area contributed by atoms with Gasteiger partial charge in [-0.3, -0.25) is 9.59 Å². The standard InChI is InChI=1S/C25H22O9/c1-32-19-4-10(2-3-15(19)27)21-13-7-12(23-14(21)9-33-25(23,31)24(13)30)18-8-17(29)22-16(28)5-11(26)6-20(22)34-18/h2-7,13-14,18,21,23,26-28,31H,8-9H2,1H3. The molecule has 7 rings (SSSR count). The van der Waals surface area contributed by atoms with Gasteiger partial charge in [0.2, 0.25) is 5.79 Å². The van der Waals surface area contributed by atoms with Gasteiger partial charge in [-0.25, -0.2) is 0 Å². The number of fused-ring (bicyclic) bond motifs is 1. The number of ether oxygens (including phenoxy) is 3. The molecule has 0 radical (unpaired) electrons. The van der Waals surface area contributed by atoms with Crippen molar-refractivity contribution in [1.82, 2.24) is 0 Å². The van der Waals surface area contributed by atoms with Crippen LogP contribution in [0.4, 0.5) is 0 Å². The number of Topliss-reactive ketones (excluding diaryl/α,β-unsaturated/α-hetero) is 2. The monoisotopic (exact) mass is 466 g/mol. The smallest absolute Gasteiger partial charge is 0.234 e. The number of rotatable bonds is 3. The minimum Gasteiger partial charge on any atom is -0.508 e. The van der Waals surface area contributed by atoms with E-state index in [9.17, 15) is 30.0 Å². The second kappa shape index (κ2) is 6.97. The third kappa shape index (κ3) is 2.68. The highest BCUT2D eigenvalue weighted by Crippen LogP contribution is 2.61. The number of aliphatic hydroxyl groups is 1. The predicted molar refractivity (Wildman–Crippen MR) is 115 cm³/mol. The van der Waals surface area contributed by atoms with E-state index in [1.807, 2.05) is 0 Å². The minimum absolute atomic E-state index is 0.00121. The first-order chi connectivity index (χ1) is 16.2. The Morgan fingerprint density at radius 3 is 2.65 bits per heavy atom. The molecule has 2 fully saturated rings. The van der Waals surface area contributed by atoms with Crippen LogP contribution in [0.3, 0.4) is 0 Å². The normalized spacial score (nSPS) is 33.4. The predicted octanol–water partition coefficient (Wildman–Crippen LogP) is 2.02. The quantitative estimate of drug-likeness (QED) is 0.500. The van der Waals surface area contributed by atoms with E-state index in [0.29, 0.717) is 5.57 Å². The zero-order chi connectivity index (χ0) is 23.9. The molecule has 34 heavy (non-hydrogen) atoms. The van der Waals surface area contributed by atoms with Crippen molar-refractivity contribution in [2.24, 2.45) is 17.8 Å².